The minimum atomic E-state index is -4.19. The van der Waals surface area contributed by atoms with Crippen LogP contribution in [0.1, 0.15) is 5.69 Å². The van der Waals surface area contributed by atoms with Crippen LogP contribution in [0.5, 0.6) is 0 Å². The van der Waals surface area contributed by atoms with Gasteiger partial charge in [0.15, 0.2) is 0 Å². The quantitative estimate of drug-likeness (QED) is 0.774. The Bertz CT molecular complexity index is 290. The van der Waals surface area contributed by atoms with E-state index in [4.69, 9.17) is 0 Å². The Kier molecular flexibility index (Phi) is 2.49. The molecule has 0 bridgehead atoms. The first-order valence-electron chi connectivity index (χ1n) is 3.69. The highest BCUT2D eigenvalue weighted by Crippen LogP contribution is 2.17. The van der Waals surface area contributed by atoms with Crippen molar-refractivity contribution in [1.29, 1.82) is 0 Å². The van der Waals surface area contributed by atoms with Gasteiger partial charge >= 0.3 is 6.18 Å². The highest BCUT2D eigenvalue weighted by atomic mass is 19.4. The van der Waals surface area contributed by atoms with Crippen LogP contribution in [0.15, 0.2) is 6.20 Å². The van der Waals surface area contributed by atoms with Crippen LogP contribution in [0.25, 0.3) is 0 Å². The van der Waals surface area contributed by atoms with Gasteiger partial charge in [-0.2, -0.15) is 18.3 Å². The van der Waals surface area contributed by atoms with Crippen molar-refractivity contribution < 1.29 is 13.2 Å². The maximum Gasteiger partial charge on any atom is 0.405 e. The third kappa shape index (κ3) is 2.96. The van der Waals surface area contributed by atoms with Crippen LogP contribution in [-0.4, -0.2) is 22.5 Å². The van der Waals surface area contributed by atoms with Gasteiger partial charge in [0.05, 0.1) is 11.4 Å². The summed E-state index contributed by atoms with van der Waals surface area (Å²) in [5, 5.41) is 6.16. The molecule has 0 aliphatic heterocycles. The van der Waals surface area contributed by atoms with E-state index in [1.165, 1.54) is 10.9 Å². The molecule has 0 aliphatic rings. The van der Waals surface area contributed by atoms with E-state index in [1.54, 1.807) is 14.0 Å². The van der Waals surface area contributed by atoms with Gasteiger partial charge in [0.1, 0.15) is 6.54 Å². The molecule has 74 valence electrons. The fourth-order valence-electron chi connectivity index (χ4n) is 0.969. The molecule has 0 spiro atoms. The molecule has 0 radical (unpaired) electrons. The molecule has 1 N–H and O–H groups in total. The minimum absolute atomic E-state index is 0.417. The van der Waals surface area contributed by atoms with E-state index < -0.39 is 12.7 Å². The smallest absolute Gasteiger partial charge is 0.374 e. The fourth-order valence-corrected chi connectivity index (χ4v) is 0.969. The molecule has 6 heteroatoms. The summed E-state index contributed by atoms with van der Waals surface area (Å²) in [6.45, 7) is 0.623. The van der Waals surface area contributed by atoms with Crippen LogP contribution in [0.3, 0.4) is 0 Å². The lowest BCUT2D eigenvalue weighted by atomic mass is 10.4. The number of nitrogens with one attached hydrogen (secondary N) is 1. The standard InChI is InChI=1S/C7H10F3N3/c1-5-6(3-13(2)12-5)11-4-7(8,9)10/h3,11H,4H2,1-2H3. The van der Waals surface area contributed by atoms with Crippen molar-refractivity contribution in [3.8, 4) is 0 Å². The van der Waals surface area contributed by atoms with Crippen molar-refractivity contribution in [2.75, 3.05) is 11.9 Å². The van der Waals surface area contributed by atoms with Crippen molar-refractivity contribution in [3.05, 3.63) is 11.9 Å². The van der Waals surface area contributed by atoms with Gasteiger partial charge in [-0.1, -0.05) is 0 Å². The summed E-state index contributed by atoms with van der Waals surface area (Å²) < 4.78 is 36.8. The molecule has 0 saturated carbocycles. The molecule has 1 heterocycles. The SMILES string of the molecule is Cc1nn(C)cc1NCC(F)(F)F. The number of hydrogen-bond acceptors (Lipinski definition) is 2. The number of hydrogen-bond donors (Lipinski definition) is 1. The second-order valence-corrected chi connectivity index (χ2v) is 2.77. The van der Waals surface area contributed by atoms with E-state index in [1.807, 2.05) is 0 Å². The molecule has 13 heavy (non-hydrogen) atoms. The maximum atomic E-state index is 11.8. The average Bonchev–Trinajstić information content (AvgIpc) is 2.24. The summed E-state index contributed by atoms with van der Waals surface area (Å²) in [4.78, 5) is 0. The second kappa shape index (κ2) is 3.27. The highest BCUT2D eigenvalue weighted by molar-refractivity contribution is 5.45. The second-order valence-electron chi connectivity index (χ2n) is 2.77. The Morgan fingerprint density at radius 2 is 2.15 bits per heavy atom. The summed E-state index contributed by atoms with van der Waals surface area (Å²) in [5.74, 6) is 0. The topological polar surface area (TPSA) is 29.9 Å². The van der Waals surface area contributed by atoms with Crippen LogP contribution >= 0.6 is 0 Å². The molecule has 0 fully saturated rings. The van der Waals surface area contributed by atoms with Gasteiger partial charge in [-0.05, 0) is 6.92 Å². The molecule has 0 aliphatic carbocycles. The molecule has 1 aromatic heterocycles. The molecule has 0 saturated heterocycles. The van der Waals surface area contributed by atoms with Gasteiger partial charge in [0, 0.05) is 13.2 Å². The van der Waals surface area contributed by atoms with Crippen LogP contribution in [-0.2, 0) is 7.05 Å². The van der Waals surface area contributed by atoms with Crippen molar-refractivity contribution in [3.63, 3.8) is 0 Å². The van der Waals surface area contributed by atoms with Crippen LogP contribution < -0.4 is 5.32 Å². The van der Waals surface area contributed by atoms with Crippen molar-refractivity contribution in [2.45, 2.75) is 13.1 Å². The first-order chi connectivity index (χ1) is 5.88. The lowest BCUT2D eigenvalue weighted by Gasteiger charge is -2.07. The molecule has 0 atom stereocenters. The fraction of sp³-hybridized carbons (Fsp3) is 0.571. The normalized spacial score (nSPS) is 11.8. The monoisotopic (exact) mass is 193 g/mol. The summed E-state index contributed by atoms with van der Waals surface area (Å²) in [6, 6.07) is 0. The third-order valence-corrected chi connectivity index (χ3v) is 1.49. The van der Waals surface area contributed by atoms with Crippen molar-refractivity contribution in [1.82, 2.24) is 9.78 Å². The van der Waals surface area contributed by atoms with E-state index in [2.05, 4.69) is 10.4 Å². The van der Waals surface area contributed by atoms with Crippen molar-refractivity contribution in [2.24, 2.45) is 7.05 Å². The predicted octanol–water partition coefficient (Wildman–Crippen LogP) is 1.70. The van der Waals surface area contributed by atoms with Gasteiger partial charge in [-0.15, -0.1) is 0 Å². The third-order valence-electron chi connectivity index (χ3n) is 1.49. The van der Waals surface area contributed by atoms with E-state index in [9.17, 15) is 13.2 Å². The Labute approximate surface area is 73.5 Å². The van der Waals surface area contributed by atoms with Gasteiger partial charge in [-0.3, -0.25) is 4.68 Å². The zero-order chi connectivity index (χ0) is 10.1. The van der Waals surface area contributed by atoms with Gasteiger partial charge in [0.25, 0.3) is 0 Å². The molecular formula is C7H10F3N3. The number of halogens is 3. The number of alkyl halides is 3. The summed E-state index contributed by atoms with van der Waals surface area (Å²) >= 11 is 0. The number of anilines is 1. The molecule has 0 amide bonds. The molecule has 1 aromatic rings. The summed E-state index contributed by atoms with van der Waals surface area (Å²) in [6.07, 6.45) is -2.68. The molecule has 0 aromatic carbocycles. The predicted molar refractivity (Wildman–Crippen MR) is 42.5 cm³/mol. The molecular weight excluding hydrogens is 183 g/mol. The lowest BCUT2D eigenvalue weighted by molar-refractivity contribution is -0.115. The highest BCUT2D eigenvalue weighted by Gasteiger charge is 2.27. The molecule has 3 nitrogen and oxygen atoms in total. The summed E-state index contributed by atoms with van der Waals surface area (Å²) in [5.41, 5.74) is 0.978. The maximum absolute atomic E-state index is 11.8. The van der Waals surface area contributed by atoms with Gasteiger partial charge in [-0.25, -0.2) is 0 Å². The van der Waals surface area contributed by atoms with Crippen molar-refractivity contribution >= 4 is 5.69 Å². The van der Waals surface area contributed by atoms with Gasteiger partial charge in [0.2, 0.25) is 0 Å². The first kappa shape index (κ1) is 9.88. The Hall–Kier alpha value is -1.20. The Morgan fingerprint density at radius 3 is 2.54 bits per heavy atom. The zero-order valence-corrected chi connectivity index (χ0v) is 7.31. The van der Waals surface area contributed by atoms with Crippen LogP contribution in [0, 0.1) is 6.92 Å². The average molecular weight is 193 g/mol. The first-order valence-corrected chi connectivity index (χ1v) is 3.69. The minimum Gasteiger partial charge on any atom is -0.374 e. The number of rotatable bonds is 2. The largest absolute Gasteiger partial charge is 0.405 e. The van der Waals surface area contributed by atoms with E-state index in [0.29, 0.717) is 11.4 Å². The number of aryl methyl sites for hydroxylation is 2. The Morgan fingerprint density at radius 1 is 1.54 bits per heavy atom. The van der Waals surface area contributed by atoms with Crippen LogP contribution in [0.4, 0.5) is 18.9 Å². The number of aromatic nitrogens is 2. The van der Waals surface area contributed by atoms with E-state index >= 15 is 0 Å². The lowest BCUT2D eigenvalue weighted by Crippen LogP contribution is -2.21. The number of nitrogens with zero attached hydrogens (tertiary/aromatic N) is 2. The molecule has 0 unspecified atom stereocenters. The molecule has 1 rings (SSSR count). The summed E-state index contributed by atoms with van der Waals surface area (Å²) in [7, 11) is 1.66. The van der Waals surface area contributed by atoms with E-state index in [-0.39, 0.29) is 0 Å². The Balaban J connectivity index is 2.59. The van der Waals surface area contributed by atoms with E-state index in [0.717, 1.165) is 0 Å². The van der Waals surface area contributed by atoms with Gasteiger partial charge < -0.3 is 5.32 Å². The zero-order valence-electron chi connectivity index (χ0n) is 7.31. The van der Waals surface area contributed by atoms with Crippen LogP contribution in [0.2, 0.25) is 0 Å².